The van der Waals surface area contributed by atoms with Crippen LogP contribution in [0.1, 0.15) is 38.6 Å². The van der Waals surface area contributed by atoms with Gasteiger partial charge in [-0.15, -0.1) is 0 Å². The number of aromatic nitrogens is 2. The summed E-state index contributed by atoms with van der Waals surface area (Å²) < 4.78 is 0. The van der Waals surface area contributed by atoms with Gasteiger partial charge in [0.2, 0.25) is 5.91 Å². The SMILES string of the molecule is CCCNc1nc(CC)nc(N(C)CC(=O)NCC)c1C. The summed E-state index contributed by atoms with van der Waals surface area (Å²) in [5.41, 5.74) is 0.979. The Bertz CT molecular complexity index is 475. The fraction of sp³-hybridized carbons (Fsp3) is 0.667. The second-order valence-electron chi connectivity index (χ2n) is 5.03. The summed E-state index contributed by atoms with van der Waals surface area (Å²) in [7, 11) is 1.88. The number of hydrogen-bond donors (Lipinski definition) is 2. The molecule has 0 bridgehead atoms. The van der Waals surface area contributed by atoms with Crippen LogP contribution in [0.2, 0.25) is 0 Å². The summed E-state index contributed by atoms with van der Waals surface area (Å²) in [5, 5.41) is 6.14. The van der Waals surface area contributed by atoms with Crippen molar-refractivity contribution in [3.8, 4) is 0 Å². The van der Waals surface area contributed by atoms with E-state index in [1.54, 1.807) is 0 Å². The molecule has 1 rings (SSSR count). The van der Waals surface area contributed by atoms with Gasteiger partial charge in [-0.2, -0.15) is 0 Å². The van der Waals surface area contributed by atoms with Crippen LogP contribution >= 0.6 is 0 Å². The molecule has 118 valence electrons. The molecule has 0 saturated carbocycles. The molecule has 0 unspecified atom stereocenters. The molecule has 21 heavy (non-hydrogen) atoms. The minimum atomic E-state index is -0.000807. The molecule has 1 heterocycles. The molecule has 1 aromatic heterocycles. The van der Waals surface area contributed by atoms with E-state index >= 15 is 0 Å². The smallest absolute Gasteiger partial charge is 0.239 e. The zero-order chi connectivity index (χ0) is 15.8. The van der Waals surface area contributed by atoms with Gasteiger partial charge in [0, 0.05) is 32.1 Å². The van der Waals surface area contributed by atoms with Crippen molar-refractivity contribution in [2.45, 2.75) is 40.5 Å². The van der Waals surface area contributed by atoms with E-state index in [9.17, 15) is 4.79 Å². The Kier molecular flexibility index (Phi) is 6.91. The number of likely N-dealkylation sites (N-methyl/N-ethyl adjacent to an activating group) is 2. The Morgan fingerprint density at radius 2 is 1.95 bits per heavy atom. The lowest BCUT2D eigenvalue weighted by molar-refractivity contribution is -0.119. The van der Waals surface area contributed by atoms with Gasteiger partial charge in [0.15, 0.2) is 0 Å². The summed E-state index contributed by atoms with van der Waals surface area (Å²) in [6, 6.07) is 0. The van der Waals surface area contributed by atoms with Crippen molar-refractivity contribution in [3.05, 3.63) is 11.4 Å². The lowest BCUT2D eigenvalue weighted by Gasteiger charge is -2.22. The van der Waals surface area contributed by atoms with Crippen molar-refractivity contribution in [3.63, 3.8) is 0 Å². The van der Waals surface area contributed by atoms with Gasteiger partial charge < -0.3 is 15.5 Å². The Morgan fingerprint density at radius 3 is 2.52 bits per heavy atom. The maximum absolute atomic E-state index is 11.7. The van der Waals surface area contributed by atoms with E-state index in [4.69, 9.17) is 0 Å². The van der Waals surface area contributed by atoms with Crippen LogP contribution < -0.4 is 15.5 Å². The number of nitrogens with zero attached hydrogens (tertiary/aromatic N) is 3. The van der Waals surface area contributed by atoms with Gasteiger partial charge in [0.25, 0.3) is 0 Å². The summed E-state index contributed by atoms with van der Waals surface area (Å²) in [4.78, 5) is 22.7. The molecule has 0 saturated heterocycles. The van der Waals surface area contributed by atoms with Gasteiger partial charge >= 0.3 is 0 Å². The molecule has 0 atom stereocenters. The van der Waals surface area contributed by atoms with Crippen molar-refractivity contribution in [1.29, 1.82) is 0 Å². The van der Waals surface area contributed by atoms with Crippen molar-refractivity contribution in [1.82, 2.24) is 15.3 Å². The lowest BCUT2D eigenvalue weighted by Crippen LogP contribution is -2.36. The highest BCUT2D eigenvalue weighted by Gasteiger charge is 2.15. The van der Waals surface area contributed by atoms with Crippen LogP contribution in [0, 0.1) is 6.92 Å². The van der Waals surface area contributed by atoms with Gasteiger partial charge in [-0.25, -0.2) is 9.97 Å². The second-order valence-corrected chi connectivity index (χ2v) is 5.03. The molecule has 6 nitrogen and oxygen atoms in total. The maximum Gasteiger partial charge on any atom is 0.239 e. The number of rotatable bonds is 8. The van der Waals surface area contributed by atoms with Crippen molar-refractivity contribution in [2.75, 3.05) is 36.9 Å². The first-order valence-corrected chi connectivity index (χ1v) is 7.62. The van der Waals surface area contributed by atoms with Gasteiger partial charge in [-0.3, -0.25) is 4.79 Å². The third-order valence-corrected chi connectivity index (χ3v) is 3.14. The maximum atomic E-state index is 11.7. The van der Waals surface area contributed by atoms with Crippen LogP contribution in [-0.2, 0) is 11.2 Å². The van der Waals surface area contributed by atoms with Crippen LogP contribution in [0.25, 0.3) is 0 Å². The highest BCUT2D eigenvalue weighted by atomic mass is 16.2. The third kappa shape index (κ3) is 4.88. The first kappa shape index (κ1) is 17.2. The Hall–Kier alpha value is -1.85. The van der Waals surface area contributed by atoms with Crippen LogP contribution in [0.15, 0.2) is 0 Å². The van der Waals surface area contributed by atoms with Gasteiger partial charge in [0.05, 0.1) is 6.54 Å². The predicted molar refractivity (Wildman–Crippen MR) is 86.9 cm³/mol. The van der Waals surface area contributed by atoms with E-state index in [-0.39, 0.29) is 5.91 Å². The molecule has 1 amide bonds. The van der Waals surface area contributed by atoms with E-state index in [0.717, 1.165) is 42.4 Å². The Balaban J connectivity index is 3.00. The standard InChI is InChI=1S/C15H27N5O/c1-6-9-17-14-11(4)15(19-12(7-2)18-14)20(5)10-13(21)16-8-3/h6-10H2,1-5H3,(H,16,21)(H,17,18,19). The van der Waals surface area contributed by atoms with Crippen LogP contribution in [0.4, 0.5) is 11.6 Å². The number of anilines is 2. The first-order valence-electron chi connectivity index (χ1n) is 7.62. The molecular formula is C15H27N5O. The molecular weight excluding hydrogens is 266 g/mol. The van der Waals surface area contributed by atoms with E-state index in [2.05, 4.69) is 27.5 Å². The zero-order valence-corrected chi connectivity index (χ0v) is 13.8. The lowest BCUT2D eigenvalue weighted by atomic mass is 10.2. The topological polar surface area (TPSA) is 70.2 Å². The molecule has 0 radical (unpaired) electrons. The van der Waals surface area contributed by atoms with Gasteiger partial charge in [-0.1, -0.05) is 13.8 Å². The van der Waals surface area contributed by atoms with Crippen molar-refractivity contribution >= 4 is 17.5 Å². The third-order valence-electron chi connectivity index (χ3n) is 3.14. The van der Waals surface area contributed by atoms with Crippen LogP contribution in [-0.4, -0.2) is 42.6 Å². The fourth-order valence-corrected chi connectivity index (χ4v) is 2.04. The quantitative estimate of drug-likeness (QED) is 0.764. The minimum Gasteiger partial charge on any atom is -0.370 e. The van der Waals surface area contributed by atoms with E-state index in [0.29, 0.717) is 13.1 Å². The molecule has 0 aliphatic carbocycles. The average Bonchev–Trinajstić information content (AvgIpc) is 2.46. The van der Waals surface area contributed by atoms with Gasteiger partial charge in [-0.05, 0) is 20.3 Å². The van der Waals surface area contributed by atoms with Crippen LogP contribution in [0.5, 0.6) is 0 Å². The number of amides is 1. The summed E-state index contributed by atoms with van der Waals surface area (Å²) in [5.74, 6) is 2.46. The molecule has 2 N–H and O–H groups in total. The number of hydrogen-bond acceptors (Lipinski definition) is 5. The number of aryl methyl sites for hydroxylation is 1. The monoisotopic (exact) mass is 293 g/mol. The summed E-state index contributed by atoms with van der Waals surface area (Å²) in [6.07, 6.45) is 1.80. The molecule has 0 aliphatic heterocycles. The second kappa shape index (κ2) is 8.44. The molecule has 0 fully saturated rings. The Labute approximate surface area is 127 Å². The van der Waals surface area contributed by atoms with E-state index in [1.165, 1.54) is 0 Å². The molecule has 6 heteroatoms. The normalized spacial score (nSPS) is 10.3. The molecule has 0 aromatic carbocycles. The van der Waals surface area contributed by atoms with Gasteiger partial charge in [0.1, 0.15) is 17.5 Å². The Morgan fingerprint density at radius 1 is 1.24 bits per heavy atom. The van der Waals surface area contributed by atoms with E-state index in [1.807, 2.05) is 32.7 Å². The van der Waals surface area contributed by atoms with Crippen molar-refractivity contribution < 1.29 is 4.79 Å². The first-order chi connectivity index (χ1) is 10.0. The predicted octanol–water partition coefficient (Wildman–Crippen LogP) is 1.74. The van der Waals surface area contributed by atoms with Crippen LogP contribution in [0.3, 0.4) is 0 Å². The summed E-state index contributed by atoms with van der Waals surface area (Å²) in [6.45, 7) is 9.85. The molecule has 0 spiro atoms. The number of carbonyl (C=O) groups excluding carboxylic acids is 1. The minimum absolute atomic E-state index is 0.000807. The fourth-order valence-electron chi connectivity index (χ4n) is 2.04. The highest BCUT2D eigenvalue weighted by Crippen LogP contribution is 2.22. The number of carbonyl (C=O) groups is 1. The zero-order valence-electron chi connectivity index (χ0n) is 13.8. The number of nitrogens with one attached hydrogen (secondary N) is 2. The average molecular weight is 293 g/mol. The van der Waals surface area contributed by atoms with Crippen molar-refractivity contribution in [2.24, 2.45) is 0 Å². The molecule has 0 aliphatic rings. The van der Waals surface area contributed by atoms with E-state index < -0.39 is 0 Å². The largest absolute Gasteiger partial charge is 0.370 e. The summed E-state index contributed by atoms with van der Waals surface area (Å²) >= 11 is 0. The highest BCUT2D eigenvalue weighted by molar-refractivity contribution is 5.81. The molecule has 1 aromatic rings.